The highest BCUT2D eigenvalue weighted by Crippen LogP contribution is 2.27. The lowest BCUT2D eigenvalue weighted by atomic mass is 10.1. The molecule has 0 aliphatic rings. The minimum absolute atomic E-state index is 0.111. The van der Waals surface area contributed by atoms with Crippen LogP contribution in [0.1, 0.15) is 40.0 Å². The van der Waals surface area contributed by atoms with Crippen LogP contribution in [0.5, 0.6) is 5.75 Å². The summed E-state index contributed by atoms with van der Waals surface area (Å²) in [5.41, 5.74) is 2.54. The number of aryl methyl sites for hydroxylation is 1. The maximum atomic E-state index is 13.0. The minimum atomic E-state index is -0.376. The molecule has 2 aromatic carbocycles. The summed E-state index contributed by atoms with van der Waals surface area (Å²) in [4.78, 5) is 27.4. The van der Waals surface area contributed by atoms with Crippen molar-refractivity contribution >= 4 is 5.91 Å². The number of hydrogen-bond acceptors (Lipinski definition) is 3. The largest absolute Gasteiger partial charge is 0.508 e. The summed E-state index contributed by atoms with van der Waals surface area (Å²) in [5, 5.41) is 10.1. The van der Waals surface area contributed by atoms with Gasteiger partial charge in [-0.15, -0.1) is 0 Å². The third-order valence-corrected chi connectivity index (χ3v) is 4.97. The molecule has 0 fully saturated rings. The van der Waals surface area contributed by atoms with Crippen molar-refractivity contribution in [2.45, 2.75) is 26.4 Å². The molecule has 0 spiro atoms. The number of carbonyl (C=O) groups excluding carboxylic acids is 1. The van der Waals surface area contributed by atoms with Crippen molar-refractivity contribution in [3.63, 3.8) is 0 Å². The molecule has 0 aliphatic carbocycles. The first-order valence-electron chi connectivity index (χ1n) is 9.18. The van der Waals surface area contributed by atoms with Crippen molar-refractivity contribution in [2.24, 2.45) is 0 Å². The van der Waals surface area contributed by atoms with Crippen molar-refractivity contribution in [2.75, 3.05) is 7.05 Å². The molecular weight excluding hydrogens is 352 g/mol. The Balaban J connectivity index is 1.88. The third-order valence-electron chi connectivity index (χ3n) is 4.97. The molecule has 5 nitrogen and oxygen atoms in total. The number of amides is 1. The minimum Gasteiger partial charge on any atom is -0.508 e. The molecule has 3 rings (SSSR count). The first-order chi connectivity index (χ1) is 13.4. The van der Waals surface area contributed by atoms with Gasteiger partial charge in [0.15, 0.2) is 0 Å². The molecule has 0 saturated carbocycles. The second-order valence-electron chi connectivity index (χ2n) is 6.99. The van der Waals surface area contributed by atoms with Crippen LogP contribution >= 0.6 is 0 Å². The van der Waals surface area contributed by atoms with E-state index in [9.17, 15) is 14.7 Å². The number of aromatic hydroxyl groups is 1. The number of phenols is 1. The van der Waals surface area contributed by atoms with Crippen molar-refractivity contribution in [3.8, 4) is 5.75 Å². The molecule has 0 bridgehead atoms. The SMILES string of the molecule is Cc1cccc(Cn2cccc(C(=O)N(C)[C@H](C)c3ccccc3O)c2=O)c1. The molecule has 1 heterocycles. The summed E-state index contributed by atoms with van der Waals surface area (Å²) in [6, 6.07) is 17.7. The molecule has 1 N–H and O–H groups in total. The second-order valence-corrected chi connectivity index (χ2v) is 6.99. The van der Waals surface area contributed by atoms with Crippen LogP contribution < -0.4 is 5.56 Å². The quantitative estimate of drug-likeness (QED) is 0.738. The molecule has 1 aromatic heterocycles. The maximum absolute atomic E-state index is 13.0. The number of benzene rings is 2. The van der Waals surface area contributed by atoms with Crippen molar-refractivity contribution < 1.29 is 9.90 Å². The van der Waals surface area contributed by atoms with E-state index < -0.39 is 0 Å². The Bertz CT molecular complexity index is 1060. The van der Waals surface area contributed by atoms with Gasteiger partial charge in [0, 0.05) is 18.8 Å². The van der Waals surface area contributed by atoms with Crippen LogP contribution in [-0.4, -0.2) is 27.5 Å². The highest BCUT2D eigenvalue weighted by molar-refractivity contribution is 5.94. The van der Waals surface area contributed by atoms with E-state index in [1.54, 1.807) is 54.2 Å². The van der Waals surface area contributed by atoms with E-state index in [4.69, 9.17) is 0 Å². The number of carbonyl (C=O) groups is 1. The normalized spacial score (nSPS) is 11.8. The van der Waals surface area contributed by atoms with Gasteiger partial charge in [0.2, 0.25) is 0 Å². The van der Waals surface area contributed by atoms with Gasteiger partial charge >= 0.3 is 0 Å². The third kappa shape index (κ3) is 3.98. The highest BCUT2D eigenvalue weighted by Gasteiger charge is 2.23. The van der Waals surface area contributed by atoms with E-state index in [1.807, 2.05) is 38.1 Å². The van der Waals surface area contributed by atoms with Crippen molar-refractivity contribution in [1.29, 1.82) is 0 Å². The van der Waals surface area contributed by atoms with Gasteiger partial charge in [0.25, 0.3) is 11.5 Å². The van der Waals surface area contributed by atoms with Crippen molar-refractivity contribution in [1.82, 2.24) is 9.47 Å². The lowest BCUT2D eigenvalue weighted by Gasteiger charge is -2.26. The molecule has 28 heavy (non-hydrogen) atoms. The summed E-state index contributed by atoms with van der Waals surface area (Å²) in [7, 11) is 1.64. The molecule has 0 radical (unpaired) electrons. The Kier molecular flexibility index (Phi) is 5.64. The van der Waals surface area contributed by atoms with Crippen LogP contribution in [-0.2, 0) is 6.54 Å². The second kappa shape index (κ2) is 8.13. The molecule has 1 amide bonds. The number of nitrogens with zero attached hydrogens (tertiary/aromatic N) is 2. The molecule has 5 heteroatoms. The van der Waals surface area contributed by atoms with Crippen molar-refractivity contribution in [3.05, 3.63) is 99.5 Å². The Morgan fingerprint density at radius 1 is 1.11 bits per heavy atom. The van der Waals surface area contributed by atoms with Crippen LogP contribution in [0.2, 0.25) is 0 Å². The first kappa shape index (κ1) is 19.4. The summed E-state index contributed by atoms with van der Waals surface area (Å²) < 4.78 is 1.54. The van der Waals surface area contributed by atoms with E-state index in [-0.39, 0.29) is 28.8 Å². The zero-order chi connectivity index (χ0) is 20.3. The number of para-hydroxylation sites is 1. The van der Waals surface area contributed by atoms with E-state index in [0.717, 1.165) is 11.1 Å². The Morgan fingerprint density at radius 3 is 2.57 bits per heavy atom. The number of pyridine rings is 1. The van der Waals surface area contributed by atoms with Gasteiger partial charge in [-0.05, 0) is 37.6 Å². The fourth-order valence-electron chi connectivity index (χ4n) is 3.25. The van der Waals surface area contributed by atoms with Crippen LogP contribution in [0.4, 0.5) is 0 Å². The van der Waals surface area contributed by atoms with Gasteiger partial charge in [-0.3, -0.25) is 9.59 Å². The van der Waals surface area contributed by atoms with E-state index >= 15 is 0 Å². The standard InChI is InChI=1S/C23H24N2O3/c1-16-8-6-9-18(14-16)15-25-13-7-11-20(23(25)28)22(27)24(3)17(2)19-10-4-5-12-21(19)26/h4-14,17,26H,15H2,1-3H3/t17-/m1/s1. The number of rotatable bonds is 5. The van der Waals surface area contributed by atoms with Crippen LogP contribution in [0.15, 0.2) is 71.7 Å². The summed E-state index contributed by atoms with van der Waals surface area (Å²) in [6.45, 7) is 4.23. The summed E-state index contributed by atoms with van der Waals surface area (Å²) >= 11 is 0. The average molecular weight is 376 g/mol. The molecule has 0 aliphatic heterocycles. The molecule has 0 unspecified atom stereocenters. The molecular formula is C23H24N2O3. The first-order valence-corrected chi connectivity index (χ1v) is 9.18. The lowest BCUT2D eigenvalue weighted by Crippen LogP contribution is -2.35. The monoisotopic (exact) mass is 376 g/mol. The van der Waals surface area contributed by atoms with Gasteiger partial charge in [0.1, 0.15) is 11.3 Å². The van der Waals surface area contributed by atoms with Gasteiger partial charge in [0.05, 0.1) is 12.6 Å². The smallest absolute Gasteiger partial charge is 0.263 e. The average Bonchev–Trinajstić information content (AvgIpc) is 2.68. The fourth-order valence-corrected chi connectivity index (χ4v) is 3.25. The Hall–Kier alpha value is -3.34. The summed E-state index contributed by atoms with van der Waals surface area (Å²) in [6.07, 6.45) is 1.69. The number of hydrogen-bond donors (Lipinski definition) is 1. The van der Waals surface area contributed by atoms with Gasteiger partial charge in [-0.1, -0.05) is 48.0 Å². The maximum Gasteiger partial charge on any atom is 0.263 e. The topological polar surface area (TPSA) is 62.5 Å². The van der Waals surface area contributed by atoms with Gasteiger partial charge < -0.3 is 14.6 Å². The zero-order valence-electron chi connectivity index (χ0n) is 16.3. The van der Waals surface area contributed by atoms with E-state index in [0.29, 0.717) is 12.1 Å². The highest BCUT2D eigenvalue weighted by atomic mass is 16.3. The molecule has 144 valence electrons. The van der Waals surface area contributed by atoms with E-state index in [2.05, 4.69) is 0 Å². The van der Waals surface area contributed by atoms with Gasteiger partial charge in [-0.2, -0.15) is 0 Å². The molecule has 0 saturated heterocycles. The van der Waals surface area contributed by atoms with Crippen LogP contribution in [0, 0.1) is 6.92 Å². The van der Waals surface area contributed by atoms with Crippen LogP contribution in [0.25, 0.3) is 0 Å². The number of aromatic nitrogens is 1. The molecule has 3 aromatic rings. The lowest BCUT2D eigenvalue weighted by molar-refractivity contribution is 0.0739. The Labute approximate surface area is 164 Å². The van der Waals surface area contributed by atoms with Crippen LogP contribution in [0.3, 0.4) is 0 Å². The van der Waals surface area contributed by atoms with E-state index in [1.165, 1.54) is 4.90 Å². The van der Waals surface area contributed by atoms with Gasteiger partial charge in [-0.25, -0.2) is 0 Å². The molecule has 1 atom stereocenters. The Morgan fingerprint density at radius 2 is 1.86 bits per heavy atom. The fraction of sp³-hybridized carbons (Fsp3) is 0.217. The zero-order valence-corrected chi connectivity index (χ0v) is 16.3. The summed E-state index contributed by atoms with van der Waals surface area (Å²) in [5.74, 6) is -0.251. The predicted octanol–water partition coefficient (Wildman–Crippen LogP) is 3.74. The predicted molar refractivity (Wildman–Crippen MR) is 110 cm³/mol. The number of phenolic OH excluding ortho intramolecular Hbond substituents is 1.